The van der Waals surface area contributed by atoms with Crippen molar-refractivity contribution in [3.8, 4) is 0 Å². The van der Waals surface area contributed by atoms with E-state index in [2.05, 4.69) is 59.3 Å². The van der Waals surface area contributed by atoms with Gasteiger partial charge in [0.15, 0.2) is 0 Å². The van der Waals surface area contributed by atoms with Gasteiger partial charge >= 0.3 is 0 Å². The lowest BCUT2D eigenvalue weighted by Crippen LogP contribution is -1.97. The molecule has 0 saturated carbocycles. The largest absolute Gasteiger partial charge is 0.340 e. The van der Waals surface area contributed by atoms with E-state index in [4.69, 9.17) is 0 Å². The Morgan fingerprint density at radius 2 is 1.82 bits per heavy atom. The van der Waals surface area contributed by atoms with Gasteiger partial charge in [0.2, 0.25) is 0 Å². The van der Waals surface area contributed by atoms with Crippen molar-refractivity contribution in [1.29, 1.82) is 0 Å². The number of aryl methyl sites for hydroxylation is 1. The predicted molar refractivity (Wildman–Crippen MR) is 99.0 cm³/mol. The van der Waals surface area contributed by atoms with Crippen LogP contribution >= 0.6 is 11.3 Å². The molecular weight excluding hydrogens is 286 g/mol. The Kier molecular flexibility index (Phi) is 3.63. The van der Waals surface area contributed by atoms with E-state index in [0.29, 0.717) is 0 Å². The average Bonchev–Trinajstić information content (AvgIpc) is 3.12. The van der Waals surface area contributed by atoms with Gasteiger partial charge in [-0.2, -0.15) is 0 Å². The van der Waals surface area contributed by atoms with Crippen LogP contribution in [0.4, 0.5) is 0 Å². The van der Waals surface area contributed by atoms with Gasteiger partial charge in [-0.1, -0.05) is 44.4 Å². The maximum atomic E-state index is 2.53. The Morgan fingerprint density at radius 3 is 2.73 bits per heavy atom. The minimum absolute atomic E-state index is 1.12. The SMILES string of the molecule is CCCCCCn1c2ccccc2c2cc3sccc3cc21. The zero-order chi connectivity index (χ0) is 14.9. The number of fused-ring (bicyclic) bond motifs is 4. The molecule has 1 nitrogen and oxygen atoms in total. The molecule has 112 valence electrons. The number of nitrogens with zero attached hydrogens (tertiary/aromatic N) is 1. The monoisotopic (exact) mass is 307 g/mol. The molecular formula is C20H21NS. The van der Waals surface area contributed by atoms with E-state index < -0.39 is 0 Å². The van der Waals surface area contributed by atoms with Crippen molar-refractivity contribution < 1.29 is 0 Å². The molecule has 0 saturated heterocycles. The normalized spacial score (nSPS) is 11.9. The summed E-state index contributed by atoms with van der Waals surface area (Å²) in [7, 11) is 0. The molecule has 0 N–H and O–H groups in total. The highest BCUT2D eigenvalue weighted by Gasteiger charge is 2.11. The van der Waals surface area contributed by atoms with Gasteiger partial charge in [0.1, 0.15) is 0 Å². The first-order valence-electron chi connectivity index (χ1n) is 8.26. The number of thiophene rings is 1. The molecule has 0 spiro atoms. The number of hydrogen-bond acceptors (Lipinski definition) is 1. The highest BCUT2D eigenvalue weighted by atomic mass is 32.1. The molecule has 0 aliphatic carbocycles. The molecule has 4 rings (SSSR count). The summed E-state index contributed by atoms with van der Waals surface area (Å²) < 4.78 is 3.92. The van der Waals surface area contributed by atoms with Crippen molar-refractivity contribution in [3.05, 3.63) is 47.8 Å². The van der Waals surface area contributed by atoms with E-state index in [1.165, 1.54) is 57.6 Å². The van der Waals surface area contributed by atoms with Gasteiger partial charge in [-0.3, -0.25) is 0 Å². The highest BCUT2D eigenvalue weighted by Crippen LogP contribution is 2.34. The molecule has 0 unspecified atom stereocenters. The van der Waals surface area contributed by atoms with Crippen LogP contribution in [0.15, 0.2) is 47.8 Å². The molecule has 0 aliphatic rings. The maximum Gasteiger partial charge on any atom is 0.0498 e. The van der Waals surface area contributed by atoms with Crippen molar-refractivity contribution >= 4 is 43.2 Å². The highest BCUT2D eigenvalue weighted by molar-refractivity contribution is 7.17. The fourth-order valence-electron chi connectivity index (χ4n) is 3.44. The first kappa shape index (κ1) is 13.8. The summed E-state index contributed by atoms with van der Waals surface area (Å²) in [5.41, 5.74) is 2.77. The molecule has 0 amide bonds. The number of unbranched alkanes of at least 4 members (excludes halogenated alkanes) is 3. The Balaban J connectivity index is 1.89. The van der Waals surface area contributed by atoms with Crippen LogP contribution in [0, 0.1) is 0 Å². The standard InChI is InChI=1S/C20H21NS/c1-2-3-4-7-11-21-18-9-6-5-8-16(18)17-14-20-15(10-12-22-20)13-19(17)21/h5-6,8-10,12-14H,2-4,7,11H2,1H3. The second-order valence-electron chi connectivity index (χ2n) is 6.06. The quantitative estimate of drug-likeness (QED) is 0.366. The fraction of sp³-hybridized carbons (Fsp3) is 0.300. The summed E-state index contributed by atoms with van der Waals surface area (Å²) in [6.45, 7) is 3.40. The average molecular weight is 307 g/mol. The van der Waals surface area contributed by atoms with Crippen molar-refractivity contribution in [2.45, 2.75) is 39.2 Å². The Morgan fingerprint density at radius 1 is 0.909 bits per heavy atom. The minimum Gasteiger partial charge on any atom is -0.340 e. The predicted octanol–water partition coefficient (Wildman–Crippen LogP) is 6.59. The molecule has 0 fully saturated rings. The second-order valence-corrected chi connectivity index (χ2v) is 7.00. The van der Waals surface area contributed by atoms with E-state index in [1.54, 1.807) is 0 Å². The second kappa shape index (κ2) is 5.77. The lowest BCUT2D eigenvalue weighted by atomic mass is 10.1. The van der Waals surface area contributed by atoms with Gasteiger partial charge in [0, 0.05) is 33.1 Å². The molecule has 4 aromatic rings. The van der Waals surface area contributed by atoms with Crippen molar-refractivity contribution in [3.63, 3.8) is 0 Å². The van der Waals surface area contributed by atoms with Crippen molar-refractivity contribution in [2.75, 3.05) is 0 Å². The first-order chi connectivity index (χ1) is 10.9. The summed E-state index contributed by atoms with van der Waals surface area (Å²) in [6, 6.07) is 15.8. The fourth-order valence-corrected chi connectivity index (χ4v) is 4.25. The lowest BCUT2D eigenvalue weighted by Gasteiger charge is -2.07. The van der Waals surface area contributed by atoms with Gasteiger partial charge < -0.3 is 4.57 Å². The van der Waals surface area contributed by atoms with Gasteiger partial charge in [0.05, 0.1) is 0 Å². The summed E-state index contributed by atoms with van der Waals surface area (Å²) in [5.74, 6) is 0. The third kappa shape index (κ3) is 2.22. The van der Waals surface area contributed by atoms with E-state index in [9.17, 15) is 0 Å². The molecule has 0 atom stereocenters. The summed E-state index contributed by atoms with van der Waals surface area (Å²) in [6.07, 6.45) is 5.23. The molecule has 0 bridgehead atoms. The van der Waals surface area contributed by atoms with Crippen LogP contribution in [0.3, 0.4) is 0 Å². The van der Waals surface area contributed by atoms with E-state index >= 15 is 0 Å². The Labute approximate surface area is 135 Å². The van der Waals surface area contributed by atoms with Gasteiger partial charge in [-0.05, 0) is 41.5 Å². The minimum atomic E-state index is 1.12. The zero-order valence-corrected chi connectivity index (χ0v) is 13.8. The third-order valence-corrected chi connectivity index (χ3v) is 5.46. The molecule has 2 aromatic heterocycles. The third-order valence-electron chi connectivity index (χ3n) is 4.58. The van der Waals surface area contributed by atoms with Gasteiger partial charge in [-0.15, -0.1) is 11.3 Å². The van der Waals surface area contributed by atoms with Crippen LogP contribution in [0.25, 0.3) is 31.9 Å². The van der Waals surface area contributed by atoms with E-state index in [1.807, 2.05) is 11.3 Å². The number of benzene rings is 2. The molecule has 2 heterocycles. The zero-order valence-electron chi connectivity index (χ0n) is 13.0. The number of aromatic nitrogens is 1. The summed E-state index contributed by atoms with van der Waals surface area (Å²) in [4.78, 5) is 0. The van der Waals surface area contributed by atoms with Crippen LogP contribution < -0.4 is 0 Å². The maximum absolute atomic E-state index is 2.53. The lowest BCUT2D eigenvalue weighted by molar-refractivity contribution is 0.602. The summed E-state index contributed by atoms with van der Waals surface area (Å²) in [5, 5.41) is 6.36. The Hall–Kier alpha value is -1.80. The molecule has 2 heteroatoms. The van der Waals surface area contributed by atoms with Crippen LogP contribution in [0.5, 0.6) is 0 Å². The number of para-hydroxylation sites is 1. The van der Waals surface area contributed by atoms with Crippen LogP contribution in [0.1, 0.15) is 32.6 Å². The van der Waals surface area contributed by atoms with E-state index in [0.717, 1.165) is 6.54 Å². The van der Waals surface area contributed by atoms with Gasteiger partial charge in [-0.25, -0.2) is 0 Å². The topological polar surface area (TPSA) is 4.93 Å². The molecule has 0 aliphatic heterocycles. The van der Waals surface area contributed by atoms with Crippen molar-refractivity contribution in [1.82, 2.24) is 4.57 Å². The van der Waals surface area contributed by atoms with Crippen molar-refractivity contribution in [2.24, 2.45) is 0 Å². The molecule has 2 aromatic carbocycles. The first-order valence-corrected chi connectivity index (χ1v) is 9.14. The van der Waals surface area contributed by atoms with Crippen LogP contribution in [-0.4, -0.2) is 4.57 Å². The van der Waals surface area contributed by atoms with Crippen LogP contribution in [0.2, 0.25) is 0 Å². The van der Waals surface area contributed by atoms with Crippen LogP contribution in [-0.2, 0) is 6.54 Å². The van der Waals surface area contributed by atoms with E-state index in [-0.39, 0.29) is 0 Å². The summed E-state index contributed by atoms with van der Waals surface area (Å²) >= 11 is 1.84. The molecule has 22 heavy (non-hydrogen) atoms. The van der Waals surface area contributed by atoms with Gasteiger partial charge in [0.25, 0.3) is 0 Å². The Bertz CT molecular complexity index is 929. The number of rotatable bonds is 5. The molecule has 0 radical (unpaired) electrons. The number of hydrogen-bond donors (Lipinski definition) is 0. The smallest absolute Gasteiger partial charge is 0.0498 e.